The molecule has 10 heteroatoms. The molecule has 0 aliphatic heterocycles. The van der Waals surface area contributed by atoms with Crippen LogP contribution in [-0.2, 0) is 0 Å². The summed E-state index contributed by atoms with van der Waals surface area (Å²) in [6.07, 6.45) is 0. The SMILES string of the molecule is COc1c(C)cccc1C(=O)NC(=S)Nc1ccc(-c2nn3c(C)nnc3s2)cc1. The fourth-order valence-corrected chi connectivity index (χ4v) is 4.06. The van der Waals surface area contributed by atoms with E-state index in [9.17, 15) is 4.79 Å². The number of carbonyl (C=O) groups excluding carboxylic acids is 1. The number of aromatic nitrogens is 4. The van der Waals surface area contributed by atoms with Gasteiger partial charge in [-0.05, 0) is 62.0 Å². The maximum atomic E-state index is 12.6. The van der Waals surface area contributed by atoms with Gasteiger partial charge in [0.2, 0.25) is 4.96 Å². The van der Waals surface area contributed by atoms with Crippen LogP contribution in [0.15, 0.2) is 42.5 Å². The molecule has 0 atom stereocenters. The van der Waals surface area contributed by atoms with Crippen LogP contribution >= 0.6 is 23.6 Å². The lowest BCUT2D eigenvalue weighted by Crippen LogP contribution is -2.34. The second-order valence-electron chi connectivity index (χ2n) is 6.49. The minimum absolute atomic E-state index is 0.200. The van der Waals surface area contributed by atoms with Crippen molar-refractivity contribution in [3.63, 3.8) is 0 Å². The van der Waals surface area contributed by atoms with Crippen LogP contribution in [0.2, 0.25) is 0 Å². The van der Waals surface area contributed by atoms with E-state index in [1.807, 2.05) is 44.2 Å². The van der Waals surface area contributed by atoms with Crippen molar-refractivity contribution in [2.45, 2.75) is 13.8 Å². The van der Waals surface area contributed by atoms with Gasteiger partial charge < -0.3 is 10.1 Å². The van der Waals surface area contributed by atoms with Gasteiger partial charge in [-0.2, -0.15) is 9.61 Å². The minimum Gasteiger partial charge on any atom is -0.496 e. The zero-order valence-electron chi connectivity index (χ0n) is 16.5. The number of anilines is 1. The number of fused-ring (bicyclic) bond motifs is 1. The highest BCUT2D eigenvalue weighted by Gasteiger charge is 2.15. The Hall–Kier alpha value is -3.37. The van der Waals surface area contributed by atoms with Gasteiger partial charge in [0.05, 0.1) is 12.7 Å². The van der Waals surface area contributed by atoms with E-state index in [1.54, 1.807) is 16.6 Å². The number of ether oxygens (including phenoxy) is 1. The predicted octanol–water partition coefficient (Wildman–Crippen LogP) is 3.61. The normalized spacial score (nSPS) is 10.8. The first-order chi connectivity index (χ1) is 14.5. The largest absolute Gasteiger partial charge is 0.496 e. The summed E-state index contributed by atoms with van der Waals surface area (Å²) in [4.78, 5) is 13.3. The Labute approximate surface area is 181 Å². The van der Waals surface area contributed by atoms with Crippen molar-refractivity contribution in [3.05, 3.63) is 59.4 Å². The molecule has 0 aliphatic carbocycles. The second-order valence-corrected chi connectivity index (χ2v) is 7.85. The number of carbonyl (C=O) groups is 1. The number of nitrogens with zero attached hydrogens (tertiary/aromatic N) is 4. The third-order valence-corrected chi connectivity index (χ3v) is 5.58. The number of rotatable bonds is 4. The van der Waals surface area contributed by atoms with Crippen molar-refractivity contribution >= 4 is 45.2 Å². The first-order valence-corrected chi connectivity index (χ1v) is 10.2. The Morgan fingerprint density at radius 1 is 1.13 bits per heavy atom. The van der Waals surface area contributed by atoms with Gasteiger partial charge in [-0.1, -0.05) is 23.5 Å². The van der Waals surface area contributed by atoms with E-state index < -0.39 is 0 Å². The molecule has 2 N–H and O–H groups in total. The van der Waals surface area contributed by atoms with Crippen molar-refractivity contribution in [2.24, 2.45) is 0 Å². The predicted molar refractivity (Wildman–Crippen MR) is 120 cm³/mol. The number of aryl methyl sites for hydroxylation is 2. The number of para-hydroxylation sites is 1. The van der Waals surface area contributed by atoms with E-state index in [0.29, 0.717) is 11.3 Å². The monoisotopic (exact) mass is 438 g/mol. The van der Waals surface area contributed by atoms with Gasteiger partial charge in [0, 0.05) is 11.3 Å². The van der Waals surface area contributed by atoms with Crippen LogP contribution in [0.5, 0.6) is 5.75 Å². The number of nitrogens with one attached hydrogen (secondary N) is 2. The van der Waals surface area contributed by atoms with Gasteiger partial charge in [0.25, 0.3) is 5.91 Å². The maximum Gasteiger partial charge on any atom is 0.261 e. The lowest BCUT2D eigenvalue weighted by molar-refractivity contribution is 0.0974. The molecule has 0 unspecified atom stereocenters. The quantitative estimate of drug-likeness (QED) is 0.470. The van der Waals surface area contributed by atoms with Gasteiger partial charge >= 0.3 is 0 Å². The molecule has 2 aromatic heterocycles. The summed E-state index contributed by atoms with van der Waals surface area (Å²) in [6.45, 7) is 3.74. The summed E-state index contributed by atoms with van der Waals surface area (Å²) in [5, 5.41) is 19.3. The van der Waals surface area contributed by atoms with Gasteiger partial charge in [-0.15, -0.1) is 10.2 Å². The molecule has 30 heavy (non-hydrogen) atoms. The Morgan fingerprint density at radius 3 is 2.60 bits per heavy atom. The van der Waals surface area contributed by atoms with E-state index >= 15 is 0 Å². The lowest BCUT2D eigenvalue weighted by Gasteiger charge is -2.13. The van der Waals surface area contributed by atoms with Crippen molar-refractivity contribution in [1.29, 1.82) is 0 Å². The van der Waals surface area contributed by atoms with Gasteiger partial charge in [0.15, 0.2) is 10.9 Å². The molecule has 0 bridgehead atoms. The van der Waals surface area contributed by atoms with Crippen LogP contribution in [0.25, 0.3) is 15.5 Å². The van der Waals surface area contributed by atoms with Crippen molar-refractivity contribution in [1.82, 2.24) is 25.1 Å². The molecule has 4 rings (SSSR count). The summed E-state index contributed by atoms with van der Waals surface area (Å²) in [7, 11) is 1.54. The minimum atomic E-state index is -0.334. The average molecular weight is 439 g/mol. The summed E-state index contributed by atoms with van der Waals surface area (Å²) >= 11 is 6.75. The van der Waals surface area contributed by atoms with Crippen molar-refractivity contribution in [2.75, 3.05) is 12.4 Å². The number of thiocarbonyl (C=S) groups is 1. The van der Waals surface area contributed by atoms with E-state index in [0.717, 1.165) is 32.6 Å². The zero-order valence-corrected chi connectivity index (χ0v) is 18.1. The molecule has 0 fully saturated rings. The Morgan fingerprint density at radius 2 is 1.90 bits per heavy atom. The van der Waals surface area contributed by atoms with Crippen LogP contribution in [0.4, 0.5) is 5.69 Å². The highest BCUT2D eigenvalue weighted by atomic mass is 32.1. The Balaban J connectivity index is 1.43. The van der Waals surface area contributed by atoms with Crippen LogP contribution < -0.4 is 15.4 Å². The average Bonchev–Trinajstić information content (AvgIpc) is 3.30. The molecule has 2 heterocycles. The van der Waals surface area contributed by atoms with Crippen LogP contribution in [0, 0.1) is 13.8 Å². The molecule has 2 aromatic carbocycles. The molecule has 4 aromatic rings. The summed E-state index contributed by atoms with van der Waals surface area (Å²) in [5.74, 6) is 0.944. The van der Waals surface area contributed by atoms with Crippen molar-refractivity contribution in [3.8, 4) is 16.3 Å². The van der Waals surface area contributed by atoms with Gasteiger partial charge in [-0.25, -0.2) is 0 Å². The van der Waals surface area contributed by atoms with Gasteiger partial charge in [0.1, 0.15) is 10.8 Å². The molecule has 1 amide bonds. The van der Waals surface area contributed by atoms with E-state index in [2.05, 4.69) is 25.9 Å². The molecular formula is C20H18N6O2S2. The fraction of sp³-hybridized carbons (Fsp3) is 0.150. The molecule has 0 radical (unpaired) electrons. The summed E-state index contributed by atoms with van der Waals surface area (Å²) in [6, 6.07) is 13.0. The molecule has 0 spiro atoms. The number of hydrogen-bond donors (Lipinski definition) is 2. The zero-order chi connectivity index (χ0) is 21.3. The molecular weight excluding hydrogens is 420 g/mol. The highest BCUT2D eigenvalue weighted by Crippen LogP contribution is 2.26. The third kappa shape index (κ3) is 3.87. The van der Waals surface area contributed by atoms with Crippen LogP contribution in [0.1, 0.15) is 21.7 Å². The standard InChI is InChI=1S/C20H18N6O2S2/c1-11-5-4-6-15(16(11)28-3)17(27)22-19(29)21-14-9-7-13(8-10-14)18-25-26-12(2)23-24-20(26)30-18/h4-10H,1-3H3,(H2,21,22,27,29). The second kappa shape index (κ2) is 8.17. The first-order valence-electron chi connectivity index (χ1n) is 9.01. The van der Waals surface area contributed by atoms with E-state index in [1.165, 1.54) is 18.4 Å². The van der Waals surface area contributed by atoms with Gasteiger partial charge in [-0.3, -0.25) is 10.1 Å². The molecule has 0 saturated carbocycles. The molecule has 8 nitrogen and oxygen atoms in total. The Kier molecular flexibility index (Phi) is 5.42. The molecule has 0 aliphatic rings. The van der Waals surface area contributed by atoms with Crippen LogP contribution in [0.3, 0.4) is 0 Å². The third-order valence-electron chi connectivity index (χ3n) is 4.42. The summed E-state index contributed by atoms with van der Waals surface area (Å²) < 4.78 is 7.05. The maximum absolute atomic E-state index is 12.6. The van der Waals surface area contributed by atoms with E-state index in [-0.39, 0.29) is 11.0 Å². The smallest absolute Gasteiger partial charge is 0.261 e. The topological polar surface area (TPSA) is 93.4 Å². The molecule has 0 saturated heterocycles. The number of methoxy groups -OCH3 is 1. The van der Waals surface area contributed by atoms with Crippen molar-refractivity contribution < 1.29 is 9.53 Å². The fourth-order valence-electron chi connectivity index (χ4n) is 2.96. The lowest BCUT2D eigenvalue weighted by atomic mass is 10.1. The summed E-state index contributed by atoms with van der Waals surface area (Å²) in [5.41, 5.74) is 3.00. The first kappa shape index (κ1) is 19.9. The molecule has 152 valence electrons. The number of benzene rings is 2. The number of amides is 1. The Bertz CT molecular complexity index is 1250. The highest BCUT2D eigenvalue weighted by molar-refractivity contribution is 7.80. The number of hydrogen-bond acceptors (Lipinski definition) is 7. The van der Waals surface area contributed by atoms with Crippen LogP contribution in [-0.4, -0.2) is 37.9 Å². The van der Waals surface area contributed by atoms with E-state index in [4.69, 9.17) is 17.0 Å².